The van der Waals surface area contributed by atoms with E-state index >= 15 is 0 Å². The second-order valence-corrected chi connectivity index (χ2v) is 13.7. The first-order chi connectivity index (χ1) is 19.3. The topological polar surface area (TPSA) is 86.8 Å². The molecule has 0 unspecified atom stereocenters. The van der Waals surface area contributed by atoms with Gasteiger partial charge in [-0.2, -0.15) is 0 Å². The number of halogens is 3. The minimum Gasteiger partial charge on any atom is -0.354 e. The predicted molar refractivity (Wildman–Crippen MR) is 169 cm³/mol. The van der Waals surface area contributed by atoms with Gasteiger partial charge in [0.05, 0.1) is 10.6 Å². The smallest absolute Gasteiger partial charge is 0.264 e. The first-order valence-electron chi connectivity index (χ1n) is 13.2. The van der Waals surface area contributed by atoms with Gasteiger partial charge in [0.2, 0.25) is 11.8 Å². The van der Waals surface area contributed by atoms with Gasteiger partial charge < -0.3 is 10.2 Å². The van der Waals surface area contributed by atoms with Crippen molar-refractivity contribution in [1.29, 1.82) is 0 Å². The Morgan fingerprint density at radius 1 is 0.976 bits per heavy atom. The number of carbonyl (C=O) groups is 2. The van der Waals surface area contributed by atoms with E-state index in [0.29, 0.717) is 34.3 Å². The lowest BCUT2D eigenvalue weighted by Gasteiger charge is -2.33. The number of anilines is 1. The average Bonchev–Trinajstić information content (AvgIpc) is 2.92. The van der Waals surface area contributed by atoms with Crippen LogP contribution in [0.1, 0.15) is 38.3 Å². The number of nitrogens with zero attached hydrogens (tertiary/aromatic N) is 2. The van der Waals surface area contributed by atoms with E-state index in [1.807, 2.05) is 20.8 Å². The van der Waals surface area contributed by atoms with E-state index in [2.05, 4.69) is 21.2 Å². The van der Waals surface area contributed by atoms with Crippen molar-refractivity contribution >= 4 is 66.7 Å². The fourth-order valence-electron chi connectivity index (χ4n) is 4.15. The van der Waals surface area contributed by atoms with Gasteiger partial charge in [-0.3, -0.25) is 13.9 Å². The highest BCUT2D eigenvalue weighted by Gasteiger charge is 2.34. The lowest BCUT2D eigenvalue weighted by Crippen LogP contribution is -2.52. The van der Waals surface area contributed by atoms with Crippen LogP contribution >= 0.6 is 39.1 Å². The quantitative estimate of drug-likeness (QED) is 0.227. The maximum Gasteiger partial charge on any atom is 0.264 e. The number of rotatable bonds is 12. The van der Waals surface area contributed by atoms with Gasteiger partial charge >= 0.3 is 0 Å². The SMILES string of the molecule is CC[C@@H](C(=O)NCC(C)C)N(Cc1ccc(Cl)cc1Cl)C(=O)CN(c1ccc(Br)cc1)S(=O)(=O)c1ccc(C)cc1. The number of carbonyl (C=O) groups excluding carboxylic acids is 2. The van der Waals surface area contributed by atoms with E-state index in [1.165, 1.54) is 17.0 Å². The van der Waals surface area contributed by atoms with Crippen molar-refractivity contribution in [2.24, 2.45) is 5.92 Å². The lowest BCUT2D eigenvalue weighted by molar-refractivity contribution is -0.140. The Bertz CT molecular complexity index is 1470. The summed E-state index contributed by atoms with van der Waals surface area (Å²) in [5.41, 5.74) is 1.79. The lowest BCUT2D eigenvalue weighted by atomic mass is 10.1. The molecule has 0 bridgehead atoms. The molecule has 0 aliphatic rings. The van der Waals surface area contributed by atoms with E-state index in [4.69, 9.17) is 23.2 Å². The third-order valence-corrected chi connectivity index (χ3v) is 9.33. The Morgan fingerprint density at radius 2 is 1.61 bits per heavy atom. The van der Waals surface area contributed by atoms with Crippen molar-refractivity contribution in [2.45, 2.75) is 51.6 Å². The largest absolute Gasteiger partial charge is 0.354 e. The molecule has 7 nitrogen and oxygen atoms in total. The summed E-state index contributed by atoms with van der Waals surface area (Å²) in [7, 11) is -4.15. The van der Waals surface area contributed by atoms with Crippen LogP contribution in [0.15, 0.2) is 76.1 Å². The Labute approximate surface area is 261 Å². The summed E-state index contributed by atoms with van der Waals surface area (Å²) in [5, 5.41) is 3.68. The van der Waals surface area contributed by atoms with Crippen molar-refractivity contribution in [2.75, 3.05) is 17.4 Å². The molecule has 0 spiro atoms. The maximum absolute atomic E-state index is 14.1. The summed E-state index contributed by atoms with van der Waals surface area (Å²) in [6.45, 7) is 7.51. The highest BCUT2D eigenvalue weighted by Crippen LogP contribution is 2.28. The van der Waals surface area contributed by atoms with Crippen LogP contribution in [0, 0.1) is 12.8 Å². The molecule has 0 heterocycles. The zero-order chi connectivity index (χ0) is 30.3. The Morgan fingerprint density at radius 3 is 2.17 bits per heavy atom. The summed E-state index contributed by atoms with van der Waals surface area (Å²) >= 11 is 15.9. The van der Waals surface area contributed by atoms with Gasteiger partial charge in [0.25, 0.3) is 10.0 Å². The molecule has 2 amide bonds. The van der Waals surface area contributed by atoms with Crippen LogP contribution < -0.4 is 9.62 Å². The summed E-state index contributed by atoms with van der Waals surface area (Å²) in [6, 6.07) is 17.1. The summed E-state index contributed by atoms with van der Waals surface area (Å²) in [6.07, 6.45) is 0.309. The molecular formula is C30H34BrCl2N3O4S. The van der Waals surface area contributed by atoms with E-state index in [1.54, 1.807) is 61.5 Å². The summed E-state index contributed by atoms with van der Waals surface area (Å²) < 4.78 is 29.7. The number of benzene rings is 3. The minimum atomic E-state index is -4.15. The normalized spacial score (nSPS) is 12.2. The zero-order valence-corrected chi connectivity index (χ0v) is 27.3. The molecule has 3 aromatic carbocycles. The third-order valence-electron chi connectivity index (χ3n) is 6.43. The first-order valence-corrected chi connectivity index (χ1v) is 16.2. The number of hydrogen-bond donors (Lipinski definition) is 1. The molecule has 41 heavy (non-hydrogen) atoms. The number of hydrogen-bond acceptors (Lipinski definition) is 4. The fraction of sp³-hybridized carbons (Fsp3) is 0.333. The standard InChI is InChI=1S/C30H34BrCl2N3O4S/c1-5-28(30(38)34-17-20(2)3)35(18-22-8-11-24(32)16-27(22)33)29(37)19-36(25-12-9-23(31)10-13-25)41(39,40)26-14-6-21(4)7-15-26/h6-16,20,28H,5,17-19H2,1-4H3,(H,34,38)/t28-/m0/s1. The molecule has 0 aromatic heterocycles. The van der Waals surface area contributed by atoms with Crippen molar-refractivity contribution in [3.05, 3.63) is 92.4 Å². The van der Waals surface area contributed by atoms with Crippen molar-refractivity contribution in [3.8, 4) is 0 Å². The summed E-state index contributed by atoms with van der Waals surface area (Å²) in [4.78, 5) is 28.9. The minimum absolute atomic E-state index is 0.0127. The van der Waals surface area contributed by atoms with E-state index in [0.717, 1.165) is 14.3 Å². The van der Waals surface area contributed by atoms with E-state index in [-0.39, 0.29) is 23.3 Å². The van der Waals surface area contributed by atoms with Crippen LogP contribution in [-0.4, -0.2) is 44.3 Å². The van der Waals surface area contributed by atoms with E-state index < -0.39 is 28.5 Å². The van der Waals surface area contributed by atoms with Crippen molar-refractivity contribution < 1.29 is 18.0 Å². The Balaban J connectivity index is 2.06. The Hall–Kier alpha value is -2.59. The van der Waals surface area contributed by atoms with Gasteiger partial charge in [0.1, 0.15) is 12.6 Å². The van der Waals surface area contributed by atoms with Crippen LogP contribution in [0.4, 0.5) is 5.69 Å². The fourth-order valence-corrected chi connectivity index (χ4v) is 6.30. The molecule has 0 saturated carbocycles. The zero-order valence-electron chi connectivity index (χ0n) is 23.4. The van der Waals surface area contributed by atoms with Gasteiger partial charge in [-0.25, -0.2) is 8.42 Å². The van der Waals surface area contributed by atoms with Gasteiger partial charge in [0.15, 0.2) is 0 Å². The van der Waals surface area contributed by atoms with Gasteiger partial charge in [-0.15, -0.1) is 0 Å². The van der Waals surface area contributed by atoms with Gasteiger partial charge in [0, 0.05) is 27.6 Å². The number of amides is 2. The van der Waals surface area contributed by atoms with Crippen molar-refractivity contribution in [3.63, 3.8) is 0 Å². The molecule has 0 aliphatic heterocycles. The molecule has 3 rings (SSSR count). The molecule has 220 valence electrons. The monoisotopic (exact) mass is 681 g/mol. The Kier molecular flexibility index (Phi) is 11.7. The predicted octanol–water partition coefficient (Wildman–Crippen LogP) is 6.84. The molecule has 0 aliphatic carbocycles. The molecule has 3 aromatic rings. The van der Waals surface area contributed by atoms with Crippen LogP contribution in [0.25, 0.3) is 0 Å². The van der Waals surface area contributed by atoms with Crippen LogP contribution in [0.3, 0.4) is 0 Å². The van der Waals surface area contributed by atoms with E-state index in [9.17, 15) is 18.0 Å². The van der Waals surface area contributed by atoms with Gasteiger partial charge in [-0.1, -0.05) is 83.7 Å². The highest BCUT2D eigenvalue weighted by atomic mass is 79.9. The molecule has 0 fully saturated rings. The third kappa shape index (κ3) is 8.70. The van der Waals surface area contributed by atoms with Crippen LogP contribution in [0.2, 0.25) is 10.0 Å². The van der Waals surface area contributed by atoms with Gasteiger partial charge in [-0.05, 0) is 73.4 Å². The number of sulfonamides is 1. The molecular weight excluding hydrogens is 649 g/mol. The highest BCUT2D eigenvalue weighted by molar-refractivity contribution is 9.10. The first kappa shape index (κ1) is 32.9. The second-order valence-electron chi connectivity index (χ2n) is 10.1. The molecule has 0 radical (unpaired) electrons. The summed E-state index contributed by atoms with van der Waals surface area (Å²) in [5.74, 6) is -0.670. The number of nitrogens with one attached hydrogen (secondary N) is 1. The maximum atomic E-state index is 14.1. The molecule has 11 heteroatoms. The van der Waals surface area contributed by atoms with Crippen molar-refractivity contribution in [1.82, 2.24) is 10.2 Å². The van der Waals surface area contributed by atoms with Crippen LogP contribution in [-0.2, 0) is 26.2 Å². The molecule has 1 atom stereocenters. The van der Waals surface area contributed by atoms with Crippen LogP contribution in [0.5, 0.6) is 0 Å². The molecule has 0 saturated heterocycles. The molecule has 1 N–H and O–H groups in total. The second kappa shape index (κ2) is 14.5. The number of aryl methyl sites for hydroxylation is 1. The average molecular weight is 683 g/mol.